The summed E-state index contributed by atoms with van der Waals surface area (Å²) in [4.78, 5) is 8.73. The highest BCUT2D eigenvalue weighted by molar-refractivity contribution is 5.80. The number of hydrogen-bond donors (Lipinski definition) is 1. The highest BCUT2D eigenvalue weighted by Gasteiger charge is 1.96. The first-order valence-electron chi connectivity index (χ1n) is 5.98. The Kier molecular flexibility index (Phi) is 3.14. The Morgan fingerprint density at radius 1 is 0.895 bits per heavy atom. The van der Waals surface area contributed by atoms with Gasteiger partial charge in [0.25, 0.3) is 0 Å². The molecule has 4 heteroatoms. The number of nitrogens with one attached hydrogen (secondary N) is 1. The van der Waals surface area contributed by atoms with Crippen LogP contribution in [-0.4, -0.2) is 16.2 Å². The molecular formula is C15H12N4. The fourth-order valence-corrected chi connectivity index (χ4v) is 1.72. The van der Waals surface area contributed by atoms with E-state index in [1.54, 1.807) is 12.4 Å². The minimum absolute atomic E-state index is 0.630. The number of anilines is 1. The van der Waals surface area contributed by atoms with Crippen molar-refractivity contribution in [2.24, 2.45) is 5.10 Å². The molecule has 92 valence electrons. The number of benzene rings is 2. The van der Waals surface area contributed by atoms with Gasteiger partial charge in [0, 0.05) is 0 Å². The fourth-order valence-electron chi connectivity index (χ4n) is 1.72. The fraction of sp³-hybridized carbons (Fsp3) is 0. The maximum absolute atomic E-state index is 4.42. The van der Waals surface area contributed by atoms with Crippen LogP contribution in [0.1, 0.15) is 5.56 Å². The predicted molar refractivity (Wildman–Crippen MR) is 77.2 cm³/mol. The van der Waals surface area contributed by atoms with Crippen LogP contribution < -0.4 is 5.43 Å². The lowest BCUT2D eigenvalue weighted by Gasteiger charge is -2.00. The highest BCUT2D eigenvalue weighted by atomic mass is 15.3. The van der Waals surface area contributed by atoms with Crippen LogP contribution in [0, 0.1) is 0 Å². The van der Waals surface area contributed by atoms with E-state index in [1.165, 1.54) is 0 Å². The predicted octanol–water partition coefficient (Wildman–Crippen LogP) is 3.08. The van der Waals surface area contributed by atoms with Gasteiger partial charge in [-0.25, -0.2) is 4.98 Å². The molecule has 0 bridgehead atoms. The molecule has 19 heavy (non-hydrogen) atoms. The number of hydrogen-bond acceptors (Lipinski definition) is 4. The van der Waals surface area contributed by atoms with E-state index in [9.17, 15) is 0 Å². The number of nitrogens with zero attached hydrogens (tertiary/aromatic N) is 3. The van der Waals surface area contributed by atoms with Crippen LogP contribution in [0.15, 0.2) is 65.9 Å². The topological polar surface area (TPSA) is 50.2 Å². The van der Waals surface area contributed by atoms with Crippen LogP contribution >= 0.6 is 0 Å². The van der Waals surface area contributed by atoms with Crippen LogP contribution in [0.5, 0.6) is 0 Å². The molecule has 0 aliphatic heterocycles. The van der Waals surface area contributed by atoms with Crippen molar-refractivity contribution in [3.8, 4) is 0 Å². The standard InChI is InChI=1S/C15H12N4/c1-2-6-12(7-3-1)10-17-19-15-11-16-13-8-4-5-9-14(13)18-15/h1-11H,(H,18,19)/b17-10+. The zero-order valence-corrected chi connectivity index (χ0v) is 10.2. The largest absolute Gasteiger partial charge is 0.260 e. The van der Waals surface area contributed by atoms with Gasteiger partial charge < -0.3 is 0 Å². The van der Waals surface area contributed by atoms with Gasteiger partial charge in [-0.3, -0.25) is 10.4 Å². The van der Waals surface area contributed by atoms with Crippen LogP contribution in [0.25, 0.3) is 11.0 Å². The first kappa shape index (κ1) is 11.3. The van der Waals surface area contributed by atoms with Gasteiger partial charge in [0.15, 0.2) is 5.82 Å². The van der Waals surface area contributed by atoms with Crippen LogP contribution in [-0.2, 0) is 0 Å². The average molecular weight is 248 g/mol. The molecule has 1 aromatic heterocycles. The van der Waals surface area contributed by atoms with E-state index in [2.05, 4.69) is 20.5 Å². The molecule has 0 unspecified atom stereocenters. The van der Waals surface area contributed by atoms with Gasteiger partial charge in [0.05, 0.1) is 23.4 Å². The third kappa shape index (κ3) is 2.74. The lowest BCUT2D eigenvalue weighted by Crippen LogP contribution is -1.95. The second kappa shape index (κ2) is 5.27. The van der Waals surface area contributed by atoms with Crippen molar-refractivity contribution in [1.29, 1.82) is 0 Å². The Labute approximate surface area is 110 Å². The third-order valence-corrected chi connectivity index (χ3v) is 2.64. The molecule has 0 saturated carbocycles. The summed E-state index contributed by atoms with van der Waals surface area (Å²) < 4.78 is 0. The Hall–Kier alpha value is -2.75. The summed E-state index contributed by atoms with van der Waals surface area (Å²) in [7, 11) is 0. The molecule has 2 aromatic carbocycles. The quantitative estimate of drug-likeness (QED) is 0.572. The minimum atomic E-state index is 0.630. The first-order valence-corrected chi connectivity index (χ1v) is 5.98. The minimum Gasteiger partial charge on any atom is -0.260 e. The molecule has 1 heterocycles. The first-order chi connectivity index (χ1) is 9.42. The molecule has 0 atom stereocenters. The number of para-hydroxylation sites is 2. The molecule has 0 amide bonds. The van der Waals surface area contributed by atoms with Crippen LogP contribution in [0.4, 0.5) is 5.82 Å². The molecule has 0 aliphatic carbocycles. The molecule has 0 saturated heterocycles. The Morgan fingerprint density at radius 3 is 2.47 bits per heavy atom. The normalized spacial score (nSPS) is 10.9. The monoisotopic (exact) mass is 248 g/mol. The summed E-state index contributed by atoms with van der Waals surface area (Å²) >= 11 is 0. The van der Waals surface area contributed by atoms with Gasteiger partial charge in [0.1, 0.15) is 0 Å². The van der Waals surface area contributed by atoms with Crippen molar-refractivity contribution in [2.75, 3.05) is 5.43 Å². The number of hydrazone groups is 1. The van der Waals surface area contributed by atoms with E-state index < -0.39 is 0 Å². The van der Waals surface area contributed by atoms with Gasteiger partial charge in [-0.1, -0.05) is 42.5 Å². The lowest BCUT2D eigenvalue weighted by atomic mass is 10.2. The SMILES string of the molecule is C(=N\Nc1cnc2ccccc2n1)/c1ccccc1. The van der Waals surface area contributed by atoms with Crippen LogP contribution in [0.2, 0.25) is 0 Å². The zero-order chi connectivity index (χ0) is 12.9. The van der Waals surface area contributed by atoms with Crippen molar-refractivity contribution >= 4 is 23.1 Å². The van der Waals surface area contributed by atoms with E-state index in [0.29, 0.717) is 5.82 Å². The smallest absolute Gasteiger partial charge is 0.165 e. The van der Waals surface area contributed by atoms with Gasteiger partial charge >= 0.3 is 0 Å². The van der Waals surface area contributed by atoms with Gasteiger partial charge in [-0.2, -0.15) is 5.10 Å². The van der Waals surface area contributed by atoms with Crippen molar-refractivity contribution in [1.82, 2.24) is 9.97 Å². The zero-order valence-electron chi connectivity index (χ0n) is 10.2. The molecule has 1 N–H and O–H groups in total. The van der Waals surface area contributed by atoms with Gasteiger partial charge in [0.2, 0.25) is 0 Å². The van der Waals surface area contributed by atoms with E-state index in [-0.39, 0.29) is 0 Å². The molecule has 0 fully saturated rings. The maximum Gasteiger partial charge on any atom is 0.165 e. The second-order valence-corrected chi connectivity index (χ2v) is 4.02. The van der Waals surface area contributed by atoms with Crippen LogP contribution in [0.3, 0.4) is 0 Å². The highest BCUT2D eigenvalue weighted by Crippen LogP contribution is 2.11. The summed E-state index contributed by atoms with van der Waals surface area (Å²) in [6, 6.07) is 17.6. The molecule has 0 aliphatic rings. The summed E-state index contributed by atoms with van der Waals surface area (Å²) in [6.45, 7) is 0. The molecule has 4 nitrogen and oxygen atoms in total. The Morgan fingerprint density at radius 2 is 1.63 bits per heavy atom. The van der Waals surface area contributed by atoms with E-state index in [0.717, 1.165) is 16.6 Å². The summed E-state index contributed by atoms with van der Waals surface area (Å²) in [5.74, 6) is 0.630. The molecular weight excluding hydrogens is 236 g/mol. The maximum atomic E-state index is 4.42. The summed E-state index contributed by atoms with van der Waals surface area (Å²) in [6.07, 6.45) is 3.42. The van der Waals surface area contributed by atoms with E-state index in [4.69, 9.17) is 0 Å². The average Bonchev–Trinajstić information content (AvgIpc) is 2.48. The molecule has 3 rings (SSSR count). The molecule has 0 radical (unpaired) electrons. The number of aromatic nitrogens is 2. The second-order valence-electron chi connectivity index (χ2n) is 4.02. The molecule has 0 spiro atoms. The third-order valence-electron chi connectivity index (χ3n) is 2.64. The van der Waals surface area contributed by atoms with Crippen molar-refractivity contribution < 1.29 is 0 Å². The Bertz CT molecular complexity index is 707. The summed E-state index contributed by atoms with van der Waals surface area (Å²) in [5, 5.41) is 4.14. The number of fused-ring (bicyclic) bond motifs is 1. The van der Waals surface area contributed by atoms with Crippen molar-refractivity contribution in [3.63, 3.8) is 0 Å². The number of rotatable bonds is 3. The van der Waals surface area contributed by atoms with Crippen molar-refractivity contribution in [2.45, 2.75) is 0 Å². The van der Waals surface area contributed by atoms with E-state index in [1.807, 2.05) is 54.6 Å². The lowest BCUT2D eigenvalue weighted by molar-refractivity contribution is 1.22. The summed E-state index contributed by atoms with van der Waals surface area (Å²) in [5.41, 5.74) is 5.64. The molecule has 3 aromatic rings. The van der Waals surface area contributed by atoms with Gasteiger partial charge in [-0.15, -0.1) is 0 Å². The van der Waals surface area contributed by atoms with E-state index >= 15 is 0 Å². The van der Waals surface area contributed by atoms with Crippen molar-refractivity contribution in [3.05, 3.63) is 66.4 Å². The van der Waals surface area contributed by atoms with Gasteiger partial charge in [-0.05, 0) is 17.7 Å². The Balaban J connectivity index is 1.77.